The van der Waals surface area contributed by atoms with Gasteiger partial charge < -0.3 is 18.9 Å². The van der Waals surface area contributed by atoms with Crippen molar-refractivity contribution < 1.29 is 38.1 Å². The molecule has 9 nitrogen and oxygen atoms in total. The summed E-state index contributed by atoms with van der Waals surface area (Å²) in [5.41, 5.74) is 0. The van der Waals surface area contributed by atoms with E-state index in [0.717, 1.165) is 0 Å². The van der Waals surface area contributed by atoms with Crippen molar-refractivity contribution in [2.24, 2.45) is 0 Å². The molecule has 0 spiro atoms. The Hall–Kier alpha value is -2.32. The van der Waals surface area contributed by atoms with Crippen molar-refractivity contribution >= 4 is 24.0 Å². The lowest BCUT2D eigenvalue weighted by molar-refractivity contribution is -0.166. The van der Waals surface area contributed by atoms with E-state index in [4.69, 9.17) is 18.9 Å². The van der Waals surface area contributed by atoms with E-state index in [0.29, 0.717) is 0 Å². The van der Waals surface area contributed by atoms with E-state index in [-0.39, 0.29) is 13.2 Å². The van der Waals surface area contributed by atoms with Crippen LogP contribution in [-0.2, 0) is 33.3 Å². The number of fused-ring (bicyclic) bond motifs is 1. The van der Waals surface area contributed by atoms with Gasteiger partial charge in [0.05, 0.1) is 0 Å². The fourth-order valence-corrected chi connectivity index (χ4v) is 2.73. The smallest absolute Gasteiger partial charge is 0.410 e. The zero-order valence-electron chi connectivity index (χ0n) is 12.4. The van der Waals surface area contributed by atoms with Gasteiger partial charge in [-0.3, -0.25) is 19.3 Å². The van der Waals surface area contributed by atoms with Gasteiger partial charge >= 0.3 is 24.0 Å². The molecule has 2 aliphatic rings. The highest BCUT2D eigenvalue weighted by Crippen LogP contribution is 2.34. The van der Waals surface area contributed by atoms with E-state index in [1.165, 1.54) is 25.7 Å². The Labute approximate surface area is 126 Å². The van der Waals surface area contributed by atoms with Crippen LogP contribution in [0.4, 0.5) is 4.79 Å². The van der Waals surface area contributed by atoms with Gasteiger partial charge in [0, 0.05) is 20.8 Å². The number of amides is 1. The molecule has 0 aliphatic carbocycles. The fourth-order valence-electron chi connectivity index (χ4n) is 2.73. The number of carbonyl (C=O) groups excluding carboxylic acids is 4. The van der Waals surface area contributed by atoms with Gasteiger partial charge in [0.25, 0.3) is 0 Å². The molecule has 2 fully saturated rings. The quantitative estimate of drug-likeness (QED) is 0.510. The normalized spacial score (nSPS) is 29.6. The first kappa shape index (κ1) is 16.1. The van der Waals surface area contributed by atoms with Crippen LogP contribution in [0.3, 0.4) is 0 Å². The lowest BCUT2D eigenvalue weighted by atomic mass is 10.1. The Balaban J connectivity index is 2.27. The van der Waals surface area contributed by atoms with E-state index in [2.05, 4.69) is 0 Å². The van der Waals surface area contributed by atoms with Gasteiger partial charge in [-0.1, -0.05) is 0 Å². The second-order valence-corrected chi connectivity index (χ2v) is 5.07. The average molecular weight is 315 g/mol. The lowest BCUT2D eigenvalue weighted by Gasteiger charge is -2.25. The summed E-state index contributed by atoms with van der Waals surface area (Å²) in [6, 6.07) is -1.35. The van der Waals surface area contributed by atoms with Crippen molar-refractivity contribution in [3.05, 3.63) is 0 Å². The Morgan fingerprint density at radius 2 is 1.68 bits per heavy atom. The molecule has 0 aromatic carbocycles. The van der Waals surface area contributed by atoms with E-state index in [1.807, 2.05) is 0 Å². The van der Waals surface area contributed by atoms with Gasteiger partial charge in [0.2, 0.25) is 0 Å². The molecule has 0 aromatic heterocycles. The first-order chi connectivity index (χ1) is 10.3. The monoisotopic (exact) mass is 315 g/mol. The lowest BCUT2D eigenvalue weighted by Crippen LogP contribution is -2.44. The van der Waals surface area contributed by atoms with Crippen molar-refractivity contribution in [1.82, 2.24) is 4.90 Å². The summed E-state index contributed by atoms with van der Waals surface area (Å²) in [6.45, 7) is 3.46. The summed E-state index contributed by atoms with van der Waals surface area (Å²) in [6.07, 6.45) is -2.42. The maximum absolute atomic E-state index is 11.9. The molecule has 1 amide bonds. The number of hydrogen-bond donors (Lipinski definition) is 0. The molecule has 2 rings (SSSR count). The zero-order chi connectivity index (χ0) is 16.4. The third-order valence-corrected chi connectivity index (χ3v) is 3.45. The summed E-state index contributed by atoms with van der Waals surface area (Å²) in [5.74, 6) is -1.71. The minimum atomic E-state index is -0.918. The molecule has 122 valence electrons. The third kappa shape index (κ3) is 3.12. The van der Waals surface area contributed by atoms with Gasteiger partial charge in [-0.25, -0.2) is 4.79 Å². The molecule has 0 unspecified atom stereocenters. The van der Waals surface area contributed by atoms with E-state index in [9.17, 15) is 19.2 Å². The number of esters is 3. The van der Waals surface area contributed by atoms with Crippen LogP contribution in [0.15, 0.2) is 0 Å². The van der Waals surface area contributed by atoms with Gasteiger partial charge in [0.15, 0.2) is 12.2 Å². The molecule has 0 bridgehead atoms. The van der Waals surface area contributed by atoms with Crippen molar-refractivity contribution in [1.29, 1.82) is 0 Å². The zero-order valence-corrected chi connectivity index (χ0v) is 12.4. The molecule has 22 heavy (non-hydrogen) atoms. The minimum Gasteiger partial charge on any atom is -0.464 e. The summed E-state index contributed by atoms with van der Waals surface area (Å²) >= 11 is 0. The standard InChI is InChI=1S/C13H17NO8/c1-6(15)19-4-9-11(21-7(2)16)12(22-8(3)17)10-5-20-13(18)14(9)10/h9-12H,4-5H2,1-3H3/t9-,10-,11-,12-/m1/s1. The highest BCUT2D eigenvalue weighted by Gasteiger charge is 2.59. The number of hydrogen-bond acceptors (Lipinski definition) is 8. The van der Waals surface area contributed by atoms with Crippen LogP contribution in [0.25, 0.3) is 0 Å². The van der Waals surface area contributed by atoms with E-state index in [1.54, 1.807) is 0 Å². The maximum atomic E-state index is 11.9. The van der Waals surface area contributed by atoms with Gasteiger partial charge in [-0.15, -0.1) is 0 Å². The topological polar surface area (TPSA) is 108 Å². The third-order valence-electron chi connectivity index (χ3n) is 3.45. The predicted octanol–water partition coefficient (Wildman–Crippen LogP) is -0.384. The predicted molar refractivity (Wildman–Crippen MR) is 68.5 cm³/mol. The molecule has 9 heteroatoms. The Morgan fingerprint density at radius 1 is 1.09 bits per heavy atom. The van der Waals surface area contributed by atoms with E-state index < -0.39 is 48.3 Å². The largest absolute Gasteiger partial charge is 0.464 e. The first-order valence-corrected chi connectivity index (χ1v) is 6.74. The number of cyclic esters (lactones) is 1. The molecule has 0 saturated carbocycles. The fraction of sp³-hybridized carbons (Fsp3) is 0.692. The van der Waals surface area contributed by atoms with Crippen LogP contribution in [0, 0.1) is 0 Å². The molecule has 0 aromatic rings. The SMILES string of the molecule is CC(=O)OC[C@@H]1[C@@H](OC(C)=O)[C@H](OC(C)=O)[C@H]2COC(=O)N12. The number of carbonyl (C=O) groups is 4. The van der Waals surface area contributed by atoms with Gasteiger partial charge in [-0.2, -0.15) is 0 Å². The highest BCUT2D eigenvalue weighted by atomic mass is 16.6. The summed E-state index contributed by atoms with van der Waals surface area (Å²) in [7, 11) is 0. The molecule has 2 saturated heterocycles. The molecule has 2 aliphatic heterocycles. The number of rotatable bonds is 4. The average Bonchev–Trinajstić information content (AvgIpc) is 2.88. The molecular formula is C13H17NO8. The molecular weight excluding hydrogens is 298 g/mol. The maximum Gasteiger partial charge on any atom is 0.410 e. The van der Waals surface area contributed by atoms with Gasteiger partial charge in [0.1, 0.15) is 25.3 Å². The second kappa shape index (κ2) is 6.20. The number of nitrogens with zero attached hydrogens (tertiary/aromatic N) is 1. The van der Waals surface area contributed by atoms with Crippen molar-refractivity contribution in [3.63, 3.8) is 0 Å². The first-order valence-electron chi connectivity index (χ1n) is 6.74. The van der Waals surface area contributed by atoms with Crippen molar-refractivity contribution in [2.75, 3.05) is 13.2 Å². The van der Waals surface area contributed by atoms with Crippen molar-refractivity contribution in [3.8, 4) is 0 Å². The Kier molecular flexibility index (Phi) is 4.53. The molecule has 0 N–H and O–H groups in total. The number of ether oxygens (including phenoxy) is 4. The van der Waals surface area contributed by atoms with Crippen LogP contribution in [-0.4, -0.2) is 66.4 Å². The Morgan fingerprint density at radius 3 is 2.23 bits per heavy atom. The summed E-state index contributed by atoms with van der Waals surface area (Å²) < 4.78 is 20.3. The van der Waals surface area contributed by atoms with Crippen LogP contribution in [0.1, 0.15) is 20.8 Å². The van der Waals surface area contributed by atoms with Crippen LogP contribution >= 0.6 is 0 Å². The van der Waals surface area contributed by atoms with Gasteiger partial charge in [-0.05, 0) is 0 Å². The minimum absolute atomic E-state index is 0.00508. The van der Waals surface area contributed by atoms with E-state index >= 15 is 0 Å². The van der Waals surface area contributed by atoms with Crippen LogP contribution in [0.5, 0.6) is 0 Å². The summed E-state index contributed by atoms with van der Waals surface area (Å²) in [4.78, 5) is 46.8. The van der Waals surface area contributed by atoms with Crippen molar-refractivity contribution in [2.45, 2.75) is 45.1 Å². The second-order valence-electron chi connectivity index (χ2n) is 5.07. The van der Waals surface area contributed by atoms with Crippen LogP contribution in [0.2, 0.25) is 0 Å². The molecule has 2 heterocycles. The molecule has 4 atom stereocenters. The van der Waals surface area contributed by atoms with Crippen LogP contribution < -0.4 is 0 Å². The molecule has 0 radical (unpaired) electrons. The Bertz CT molecular complexity index is 504. The summed E-state index contributed by atoms with van der Waals surface area (Å²) in [5, 5.41) is 0. The highest BCUT2D eigenvalue weighted by molar-refractivity contribution is 5.73.